The van der Waals surface area contributed by atoms with E-state index in [1.807, 2.05) is 13.8 Å². The van der Waals surface area contributed by atoms with Gasteiger partial charge in [-0.15, -0.1) is 0 Å². The van der Waals surface area contributed by atoms with E-state index in [1.54, 1.807) is 18.2 Å². The highest BCUT2D eigenvalue weighted by Gasteiger charge is 2.07. The molecule has 2 N–H and O–H groups in total. The molecule has 76 valence electrons. The molecule has 0 atom stereocenters. The highest BCUT2D eigenvalue weighted by molar-refractivity contribution is 6.32. The zero-order valence-corrected chi connectivity index (χ0v) is 8.84. The molecule has 0 radical (unpaired) electrons. The first-order valence-corrected chi connectivity index (χ1v) is 4.64. The van der Waals surface area contributed by atoms with Gasteiger partial charge in [0.05, 0.1) is 11.1 Å². The van der Waals surface area contributed by atoms with Gasteiger partial charge in [0, 0.05) is 5.56 Å². The molecule has 0 fully saturated rings. The summed E-state index contributed by atoms with van der Waals surface area (Å²) in [6, 6.07) is 4.71. The number of halogens is 1. The molecular formula is C10H12ClNO2. The number of hydrogen-bond acceptors (Lipinski definition) is 2. The Morgan fingerprint density at radius 1 is 1.50 bits per heavy atom. The highest BCUT2D eigenvalue weighted by Crippen LogP contribution is 2.26. The topological polar surface area (TPSA) is 52.3 Å². The maximum absolute atomic E-state index is 10.9. The fourth-order valence-electron chi connectivity index (χ4n) is 1.00. The van der Waals surface area contributed by atoms with Gasteiger partial charge in [-0.3, -0.25) is 4.79 Å². The van der Waals surface area contributed by atoms with Gasteiger partial charge in [0.1, 0.15) is 5.75 Å². The van der Waals surface area contributed by atoms with Crippen molar-refractivity contribution in [3.8, 4) is 5.75 Å². The number of carbonyl (C=O) groups is 1. The number of ether oxygens (including phenoxy) is 1. The molecule has 0 aliphatic rings. The summed E-state index contributed by atoms with van der Waals surface area (Å²) >= 11 is 5.87. The maximum atomic E-state index is 10.9. The van der Waals surface area contributed by atoms with Crippen LogP contribution in [0, 0.1) is 0 Å². The maximum Gasteiger partial charge on any atom is 0.248 e. The van der Waals surface area contributed by atoms with E-state index >= 15 is 0 Å². The number of nitrogens with two attached hydrogens (primary N) is 1. The van der Waals surface area contributed by atoms with E-state index in [9.17, 15) is 4.79 Å². The Bertz CT molecular complexity index is 350. The van der Waals surface area contributed by atoms with Crippen LogP contribution in [0.1, 0.15) is 24.2 Å². The number of amides is 1. The molecule has 0 aromatic heterocycles. The normalized spacial score (nSPS) is 10.3. The van der Waals surface area contributed by atoms with Crippen LogP contribution in [0.25, 0.3) is 0 Å². The van der Waals surface area contributed by atoms with Crippen LogP contribution in [0.4, 0.5) is 0 Å². The zero-order valence-electron chi connectivity index (χ0n) is 8.08. The summed E-state index contributed by atoms with van der Waals surface area (Å²) in [5, 5.41) is 0.476. The molecule has 0 spiro atoms. The van der Waals surface area contributed by atoms with E-state index in [-0.39, 0.29) is 6.10 Å². The minimum absolute atomic E-state index is 0.00984. The van der Waals surface area contributed by atoms with E-state index < -0.39 is 5.91 Å². The Balaban J connectivity index is 3.02. The molecular weight excluding hydrogens is 202 g/mol. The molecule has 3 nitrogen and oxygen atoms in total. The Morgan fingerprint density at radius 3 is 2.64 bits per heavy atom. The molecule has 0 bridgehead atoms. The smallest absolute Gasteiger partial charge is 0.248 e. The molecule has 0 aliphatic heterocycles. The molecule has 0 saturated carbocycles. The second-order valence-corrected chi connectivity index (χ2v) is 3.58. The third-order valence-electron chi connectivity index (χ3n) is 1.58. The number of benzene rings is 1. The van der Waals surface area contributed by atoms with Crippen LogP contribution < -0.4 is 10.5 Å². The first-order chi connectivity index (χ1) is 6.50. The standard InChI is InChI=1S/C10H12ClNO2/c1-6(2)14-9-5-7(10(12)13)3-4-8(9)11/h3-6H,1-2H3,(H2,12,13). The van der Waals surface area contributed by atoms with E-state index in [2.05, 4.69) is 0 Å². The summed E-state index contributed by atoms with van der Waals surface area (Å²) in [5.74, 6) is -0.00626. The largest absolute Gasteiger partial charge is 0.489 e. The fraction of sp³-hybridized carbons (Fsp3) is 0.300. The van der Waals surface area contributed by atoms with Gasteiger partial charge < -0.3 is 10.5 Å². The fourth-order valence-corrected chi connectivity index (χ4v) is 1.16. The number of rotatable bonds is 3. The number of primary amides is 1. The molecule has 0 heterocycles. The third-order valence-corrected chi connectivity index (χ3v) is 1.89. The lowest BCUT2D eigenvalue weighted by atomic mass is 10.2. The Kier molecular flexibility index (Phi) is 3.36. The van der Waals surface area contributed by atoms with Crippen molar-refractivity contribution in [2.75, 3.05) is 0 Å². The predicted octanol–water partition coefficient (Wildman–Crippen LogP) is 2.23. The lowest BCUT2D eigenvalue weighted by Crippen LogP contribution is -2.12. The van der Waals surface area contributed by atoms with Crippen LogP contribution in [0.15, 0.2) is 18.2 Å². The zero-order chi connectivity index (χ0) is 10.7. The van der Waals surface area contributed by atoms with Crippen molar-refractivity contribution in [3.63, 3.8) is 0 Å². The van der Waals surface area contributed by atoms with Crippen LogP contribution in [0.2, 0.25) is 5.02 Å². The average molecular weight is 214 g/mol. The van der Waals surface area contributed by atoms with Crippen molar-refractivity contribution in [1.29, 1.82) is 0 Å². The van der Waals surface area contributed by atoms with Crippen molar-refractivity contribution in [2.24, 2.45) is 5.73 Å². The lowest BCUT2D eigenvalue weighted by molar-refractivity contribution is 0.0999. The summed E-state index contributed by atoms with van der Waals surface area (Å²) in [6.07, 6.45) is 0.00984. The number of carbonyl (C=O) groups excluding carboxylic acids is 1. The summed E-state index contributed by atoms with van der Waals surface area (Å²) in [7, 11) is 0. The minimum Gasteiger partial charge on any atom is -0.489 e. The van der Waals surface area contributed by atoms with E-state index in [0.29, 0.717) is 16.3 Å². The summed E-state index contributed by atoms with van der Waals surface area (Å²) < 4.78 is 5.40. The first-order valence-electron chi connectivity index (χ1n) is 4.26. The Hall–Kier alpha value is -1.22. The van der Waals surface area contributed by atoms with Gasteiger partial charge >= 0.3 is 0 Å². The van der Waals surface area contributed by atoms with E-state index in [4.69, 9.17) is 22.1 Å². The van der Waals surface area contributed by atoms with Crippen LogP contribution in [-0.2, 0) is 0 Å². The SMILES string of the molecule is CC(C)Oc1cc(C(N)=O)ccc1Cl. The predicted molar refractivity (Wildman–Crippen MR) is 55.7 cm³/mol. The second kappa shape index (κ2) is 4.33. The Morgan fingerprint density at radius 2 is 2.14 bits per heavy atom. The summed E-state index contributed by atoms with van der Waals surface area (Å²) in [5.41, 5.74) is 5.52. The van der Waals surface area contributed by atoms with Crippen molar-refractivity contribution >= 4 is 17.5 Å². The van der Waals surface area contributed by atoms with Gasteiger partial charge in [0.25, 0.3) is 0 Å². The van der Waals surface area contributed by atoms with Gasteiger partial charge in [-0.05, 0) is 32.0 Å². The van der Waals surface area contributed by atoms with Gasteiger partial charge in [-0.1, -0.05) is 11.6 Å². The molecule has 4 heteroatoms. The monoisotopic (exact) mass is 213 g/mol. The molecule has 1 amide bonds. The lowest BCUT2D eigenvalue weighted by Gasteiger charge is -2.11. The molecule has 1 aromatic rings. The van der Waals surface area contributed by atoms with Gasteiger partial charge in [-0.25, -0.2) is 0 Å². The summed E-state index contributed by atoms with van der Waals surface area (Å²) in [6.45, 7) is 3.76. The van der Waals surface area contributed by atoms with Gasteiger partial charge in [0.15, 0.2) is 0 Å². The van der Waals surface area contributed by atoms with Crippen molar-refractivity contribution in [2.45, 2.75) is 20.0 Å². The van der Waals surface area contributed by atoms with Crippen LogP contribution in [0.5, 0.6) is 5.75 Å². The van der Waals surface area contributed by atoms with Crippen LogP contribution in [-0.4, -0.2) is 12.0 Å². The minimum atomic E-state index is -0.490. The Labute approximate surface area is 87.8 Å². The second-order valence-electron chi connectivity index (χ2n) is 3.18. The van der Waals surface area contributed by atoms with Crippen molar-refractivity contribution < 1.29 is 9.53 Å². The quantitative estimate of drug-likeness (QED) is 0.837. The van der Waals surface area contributed by atoms with E-state index in [0.717, 1.165) is 0 Å². The average Bonchev–Trinajstić information content (AvgIpc) is 2.07. The molecule has 14 heavy (non-hydrogen) atoms. The van der Waals surface area contributed by atoms with Gasteiger partial charge in [-0.2, -0.15) is 0 Å². The molecule has 0 unspecified atom stereocenters. The van der Waals surface area contributed by atoms with Crippen molar-refractivity contribution in [1.82, 2.24) is 0 Å². The van der Waals surface area contributed by atoms with Crippen LogP contribution >= 0.6 is 11.6 Å². The molecule has 1 aromatic carbocycles. The van der Waals surface area contributed by atoms with Gasteiger partial charge in [0.2, 0.25) is 5.91 Å². The molecule has 0 saturated heterocycles. The van der Waals surface area contributed by atoms with Crippen LogP contribution in [0.3, 0.4) is 0 Å². The van der Waals surface area contributed by atoms with Crippen molar-refractivity contribution in [3.05, 3.63) is 28.8 Å². The number of hydrogen-bond donors (Lipinski definition) is 1. The third kappa shape index (κ3) is 2.64. The summed E-state index contributed by atoms with van der Waals surface area (Å²) in [4.78, 5) is 10.9. The first kappa shape index (κ1) is 10.9. The molecule has 1 rings (SSSR count). The highest BCUT2D eigenvalue weighted by atomic mass is 35.5. The molecule has 0 aliphatic carbocycles. The van der Waals surface area contributed by atoms with E-state index in [1.165, 1.54) is 0 Å².